The number of nitrogens with zero attached hydrogens (tertiary/aromatic N) is 1. The lowest BCUT2D eigenvalue weighted by Gasteiger charge is -2.47. The molecule has 0 bridgehead atoms. The van der Waals surface area contributed by atoms with Crippen LogP contribution in [0.15, 0.2) is 0 Å². The van der Waals surface area contributed by atoms with Crippen molar-refractivity contribution < 1.29 is 0 Å². The van der Waals surface area contributed by atoms with E-state index in [0.29, 0.717) is 5.41 Å². The Kier molecular flexibility index (Phi) is 4.48. The minimum Gasteiger partial charge on any atom is -0.317 e. The van der Waals surface area contributed by atoms with Gasteiger partial charge in [0.15, 0.2) is 0 Å². The molecule has 0 aromatic heterocycles. The van der Waals surface area contributed by atoms with E-state index in [1.54, 1.807) is 0 Å². The van der Waals surface area contributed by atoms with E-state index in [0.717, 1.165) is 12.1 Å². The average molecular weight is 238 g/mol. The molecule has 2 nitrogen and oxygen atoms in total. The predicted molar refractivity (Wildman–Crippen MR) is 74.3 cm³/mol. The molecule has 2 saturated heterocycles. The van der Waals surface area contributed by atoms with Crippen molar-refractivity contribution in [1.82, 2.24) is 10.2 Å². The molecular weight excluding hydrogens is 208 g/mol. The molecule has 2 unspecified atom stereocenters. The van der Waals surface area contributed by atoms with Crippen molar-refractivity contribution in [3.8, 4) is 0 Å². The number of rotatable bonds is 3. The molecule has 2 rings (SSSR count). The summed E-state index contributed by atoms with van der Waals surface area (Å²) in [6, 6.07) is 1.61. The van der Waals surface area contributed by atoms with E-state index < -0.39 is 0 Å². The number of hydrogen-bond donors (Lipinski definition) is 1. The molecule has 2 aliphatic heterocycles. The number of piperidine rings is 2. The molecule has 0 aliphatic carbocycles. The maximum absolute atomic E-state index is 3.51. The van der Waals surface area contributed by atoms with Gasteiger partial charge in [0.1, 0.15) is 0 Å². The molecule has 0 spiro atoms. The van der Waals surface area contributed by atoms with Crippen LogP contribution < -0.4 is 5.32 Å². The third-order valence-corrected chi connectivity index (χ3v) is 5.31. The highest BCUT2D eigenvalue weighted by atomic mass is 15.2. The van der Waals surface area contributed by atoms with Crippen LogP contribution in [0.5, 0.6) is 0 Å². The average Bonchev–Trinajstić information content (AvgIpc) is 2.35. The van der Waals surface area contributed by atoms with Crippen LogP contribution in [-0.2, 0) is 0 Å². The van der Waals surface area contributed by atoms with Gasteiger partial charge in [-0.1, -0.05) is 13.3 Å². The van der Waals surface area contributed by atoms with Gasteiger partial charge in [-0.15, -0.1) is 0 Å². The zero-order chi connectivity index (χ0) is 12.3. The lowest BCUT2D eigenvalue weighted by Crippen LogP contribution is -2.51. The van der Waals surface area contributed by atoms with Gasteiger partial charge in [0.05, 0.1) is 0 Å². The summed E-state index contributed by atoms with van der Waals surface area (Å²) in [4.78, 5) is 2.80. The van der Waals surface area contributed by atoms with Crippen molar-refractivity contribution in [2.45, 2.75) is 71.4 Å². The standard InChI is InChI=1S/C15H30N2/c1-4-15(8-10-16-11-9-15)12-17-13(2)6-5-7-14(17)3/h13-14,16H,4-12H2,1-3H3. The Hall–Kier alpha value is -0.0800. The monoisotopic (exact) mass is 238 g/mol. The van der Waals surface area contributed by atoms with Gasteiger partial charge in [0.25, 0.3) is 0 Å². The first-order chi connectivity index (χ1) is 8.17. The zero-order valence-corrected chi connectivity index (χ0v) is 12.0. The summed E-state index contributed by atoms with van der Waals surface area (Å²) < 4.78 is 0. The largest absolute Gasteiger partial charge is 0.317 e. The summed E-state index contributed by atoms with van der Waals surface area (Å²) in [6.45, 7) is 11.0. The van der Waals surface area contributed by atoms with E-state index >= 15 is 0 Å². The molecule has 2 aliphatic rings. The summed E-state index contributed by atoms with van der Waals surface area (Å²) in [7, 11) is 0. The van der Waals surface area contributed by atoms with Crippen molar-refractivity contribution in [1.29, 1.82) is 0 Å². The first-order valence-corrected chi connectivity index (χ1v) is 7.63. The molecule has 0 amide bonds. The maximum atomic E-state index is 3.51. The third kappa shape index (κ3) is 3.03. The number of nitrogens with one attached hydrogen (secondary N) is 1. The van der Waals surface area contributed by atoms with Gasteiger partial charge in [-0.05, 0) is 64.5 Å². The van der Waals surface area contributed by atoms with E-state index in [-0.39, 0.29) is 0 Å². The molecule has 2 heteroatoms. The van der Waals surface area contributed by atoms with Crippen molar-refractivity contribution in [3.05, 3.63) is 0 Å². The maximum Gasteiger partial charge on any atom is 0.00699 e. The van der Waals surface area contributed by atoms with Crippen LogP contribution in [0.1, 0.15) is 59.3 Å². The van der Waals surface area contributed by atoms with E-state index in [2.05, 4.69) is 31.0 Å². The van der Waals surface area contributed by atoms with E-state index in [1.165, 1.54) is 58.2 Å². The Labute approximate surface area is 107 Å². The second kappa shape index (κ2) is 5.71. The SMILES string of the molecule is CCC1(CN2C(C)CCCC2C)CCNCC1. The highest BCUT2D eigenvalue weighted by Gasteiger charge is 2.35. The predicted octanol–water partition coefficient (Wildman–Crippen LogP) is 3.03. The van der Waals surface area contributed by atoms with Crippen molar-refractivity contribution in [2.75, 3.05) is 19.6 Å². The minimum atomic E-state index is 0.602. The van der Waals surface area contributed by atoms with Crippen LogP contribution in [-0.4, -0.2) is 36.6 Å². The summed E-state index contributed by atoms with van der Waals surface area (Å²) in [5.74, 6) is 0. The van der Waals surface area contributed by atoms with Gasteiger partial charge >= 0.3 is 0 Å². The van der Waals surface area contributed by atoms with E-state index in [9.17, 15) is 0 Å². The fraction of sp³-hybridized carbons (Fsp3) is 1.00. The van der Waals surface area contributed by atoms with Gasteiger partial charge in [-0.2, -0.15) is 0 Å². The Morgan fingerprint density at radius 1 is 1.12 bits per heavy atom. The molecule has 17 heavy (non-hydrogen) atoms. The highest BCUT2D eigenvalue weighted by molar-refractivity contribution is 4.90. The Balaban J connectivity index is 2.00. The van der Waals surface area contributed by atoms with Gasteiger partial charge < -0.3 is 5.32 Å². The van der Waals surface area contributed by atoms with Crippen LogP contribution in [0.25, 0.3) is 0 Å². The fourth-order valence-electron chi connectivity index (χ4n) is 3.75. The van der Waals surface area contributed by atoms with Gasteiger partial charge in [0, 0.05) is 18.6 Å². The van der Waals surface area contributed by atoms with Gasteiger partial charge in [-0.3, -0.25) is 4.90 Å². The normalized spacial score (nSPS) is 34.8. The first kappa shape index (κ1) is 13.4. The quantitative estimate of drug-likeness (QED) is 0.813. The molecule has 2 fully saturated rings. The molecule has 1 N–H and O–H groups in total. The van der Waals surface area contributed by atoms with E-state index in [1.807, 2.05) is 0 Å². The van der Waals surface area contributed by atoms with E-state index in [4.69, 9.17) is 0 Å². The van der Waals surface area contributed by atoms with Gasteiger partial charge in [-0.25, -0.2) is 0 Å². The lowest BCUT2D eigenvalue weighted by molar-refractivity contribution is 0.0304. The highest BCUT2D eigenvalue weighted by Crippen LogP contribution is 2.36. The smallest absolute Gasteiger partial charge is 0.00699 e. The molecular formula is C15H30N2. The van der Waals surface area contributed by atoms with Crippen LogP contribution >= 0.6 is 0 Å². The molecule has 100 valence electrons. The Bertz CT molecular complexity index is 223. The van der Waals surface area contributed by atoms with Crippen LogP contribution in [0, 0.1) is 5.41 Å². The minimum absolute atomic E-state index is 0.602. The molecule has 0 saturated carbocycles. The van der Waals surface area contributed by atoms with Crippen LogP contribution in [0.3, 0.4) is 0 Å². The van der Waals surface area contributed by atoms with Crippen molar-refractivity contribution in [2.24, 2.45) is 5.41 Å². The number of hydrogen-bond acceptors (Lipinski definition) is 2. The Morgan fingerprint density at radius 2 is 1.71 bits per heavy atom. The molecule has 2 atom stereocenters. The summed E-state index contributed by atoms with van der Waals surface area (Å²) in [5.41, 5.74) is 0.602. The van der Waals surface area contributed by atoms with Crippen LogP contribution in [0.2, 0.25) is 0 Å². The number of likely N-dealkylation sites (tertiary alicyclic amines) is 1. The summed E-state index contributed by atoms with van der Waals surface area (Å²) >= 11 is 0. The summed E-state index contributed by atoms with van der Waals surface area (Å²) in [5, 5.41) is 3.51. The topological polar surface area (TPSA) is 15.3 Å². The van der Waals surface area contributed by atoms with Crippen LogP contribution in [0.4, 0.5) is 0 Å². The zero-order valence-electron chi connectivity index (χ0n) is 12.0. The fourth-order valence-corrected chi connectivity index (χ4v) is 3.75. The van der Waals surface area contributed by atoms with Crippen molar-refractivity contribution in [3.63, 3.8) is 0 Å². The Morgan fingerprint density at radius 3 is 2.24 bits per heavy atom. The first-order valence-electron chi connectivity index (χ1n) is 7.63. The van der Waals surface area contributed by atoms with Crippen molar-refractivity contribution >= 4 is 0 Å². The third-order valence-electron chi connectivity index (χ3n) is 5.31. The van der Waals surface area contributed by atoms with Gasteiger partial charge in [0.2, 0.25) is 0 Å². The lowest BCUT2D eigenvalue weighted by atomic mass is 9.75. The second-order valence-corrected chi connectivity index (χ2v) is 6.40. The summed E-state index contributed by atoms with van der Waals surface area (Å²) in [6.07, 6.45) is 8.34. The second-order valence-electron chi connectivity index (χ2n) is 6.40. The molecule has 2 heterocycles. The molecule has 0 aromatic carbocycles. The molecule has 0 aromatic rings. The molecule has 0 radical (unpaired) electrons.